The van der Waals surface area contributed by atoms with Crippen LogP contribution in [0.15, 0.2) is 40.3 Å². The van der Waals surface area contributed by atoms with Crippen molar-refractivity contribution in [3.8, 4) is 11.3 Å². The van der Waals surface area contributed by atoms with Gasteiger partial charge in [0.1, 0.15) is 11.2 Å². The van der Waals surface area contributed by atoms with Gasteiger partial charge in [-0.15, -0.1) is 0 Å². The summed E-state index contributed by atoms with van der Waals surface area (Å²) < 4.78 is 31.7. The summed E-state index contributed by atoms with van der Waals surface area (Å²) in [6, 6.07) is 7.03. The number of hydrogen-bond acceptors (Lipinski definition) is 8. The van der Waals surface area contributed by atoms with E-state index in [1.807, 2.05) is 24.8 Å². The highest BCUT2D eigenvalue weighted by molar-refractivity contribution is 7.90. The van der Waals surface area contributed by atoms with Crippen molar-refractivity contribution in [3.63, 3.8) is 0 Å². The van der Waals surface area contributed by atoms with Crippen molar-refractivity contribution in [3.05, 3.63) is 40.9 Å². The molecule has 0 aliphatic carbocycles. The van der Waals surface area contributed by atoms with Crippen molar-refractivity contribution >= 4 is 32.2 Å². The van der Waals surface area contributed by atoms with E-state index in [1.54, 1.807) is 25.2 Å². The summed E-state index contributed by atoms with van der Waals surface area (Å²) in [6.45, 7) is 6.23. The predicted octanol–water partition coefficient (Wildman–Crippen LogP) is 2.06. The van der Waals surface area contributed by atoms with E-state index >= 15 is 0 Å². The summed E-state index contributed by atoms with van der Waals surface area (Å²) in [4.78, 5) is 24.2. The standard InChI is InChI=1S/C22H27N5O4S/c1-14(2)24-21-20-17(23-13-26(3)22(20)28)12-16(25-21)15-5-6-19(32(4,29)30)18(11-15)27-7-9-31-10-8-27/h5-6,11-14H,7-10H2,1-4H3,(H,24,25). The molecule has 1 aliphatic heterocycles. The number of pyridine rings is 1. The van der Waals surface area contributed by atoms with Gasteiger partial charge in [-0.2, -0.15) is 0 Å². The number of sulfone groups is 1. The molecule has 0 spiro atoms. The van der Waals surface area contributed by atoms with Gasteiger partial charge in [-0.1, -0.05) is 6.07 Å². The first kappa shape index (κ1) is 22.2. The summed E-state index contributed by atoms with van der Waals surface area (Å²) >= 11 is 0. The second kappa shape index (κ2) is 8.51. The molecule has 1 aliphatic rings. The average Bonchev–Trinajstić information content (AvgIpc) is 2.75. The highest BCUT2D eigenvalue weighted by Crippen LogP contribution is 2.33. The van der Waals surface area contributed by atoms with E-state index in [-0.39, 0.29) is 16.5 Å². The van der Waals surface area contributed by atoms with Crippen LogP contribution >= 0.6 is 0 Å². The van der Waals surface area contributed by atoms with Gasteiger partial charge in [-0.05, 0) is 32.0 Å². The fourth-order valence-corrected chi connectivity index (χ4v) is 4.67. The molecule has 0 amide bonds. The van der Waals surface area contributed by atoms with Gasteiger partial charge in [0.25, 0.3) is 5.56 Å². The molecular formula is C22H27N5O4S. The van der Waals surface area contributed by atoms with Crippen molar-refractivity contribution in [2.75, 3.05) is 42.8 Å². The zero-order valence-electron chi connectivity index (χ0n) is 18.6. The maximum absolute atomic E-state index is 12.8. The Bertz CT molecular complexity index is 1330. The first-order valence-corrected chi connectivity index (χ1v) is 12.3. The molecular weight excluding hydrogens is 430 g/mol. The minimum Gasteiger partial charge on any atom is -0.378 e. The Morgan fingerprint density at radius 3 is 2.53 bits per heavy atom. The Morgan fingerprint density at radius 2 is 1.88 bits per heavy atom. The van der Waals surface area contributed by atoms with Gasteiger partial charge in [0.05, 0.1) is 41.3 Å². The van der Waals surface area contributed by atoms with E-state index < -0.39 is 9.84 Å². The molecule has 32 heavy (non-hydrogen) atoms. The predicted molar refractivity (Wildman–Crippen MR) is 125 cm³/mol. The highest BCUT2D eigenvalue weighted by Gasteiger charge is 2.22. The summed E-state index contributed by atoms with van der Waals surface area (Å²) in [5, 5.41) is 3.68. The van der Waals surface area contributed by atoms with Gasteiger partial charge in [0, 0.05) is 38.0 Å². The second-order valence-corrected chi connectivity index (χ2v) is 10.2. The summed E-state index contributed by atoms with van der Waals surface area (Å²) in [6.07, 6.45) is 2.70. The Labute approximate surface area is 187 Å². The summed E-state index contributed by atoms with van der Waals surface area (Å²) in [5.74, 6) is 0.460. The molecule has 10 heteroatoms. The maximum atomic E-state index is 12.8. The number of ether oxygens (including phenoxy) is 1. The largest absolute Gasteiger partial charge is 0.378 e. The SMILES string of the molecule is CC(C)Nc1nc(-c2ccc(S(C)(=O)=O)c(N3CCOCC3)c2)cc2ncn(C)c(=O)c12. The quantitative estimate of drug-likeness (QED) is 0.621. The van der Waals surface area contributed by atoms with Gasteiger partial charge < -0.3 is 19.5 Å². The number of nitrogens with one attached hydrogen (secondary N) is 1. The van der Waals surface area contributed by atoms with Crippen LogP contribution in [-0.2, 0) is 21.6 Å². The summed E-state index contributed by atoms with van der Waals surface area (Å²) in [7, 11) is -1.77. The minimum absolute atomic E-state index is 0.0578. The zero-order valence-corrected chi connectivity index (χ0v) is 19.4. The lowest BCUT2D eigenvalue weighted by atomic mass is 10.1. The average molecular weight is 458 g/mol. The lowest BCUT2D eigenvalue weighted by Crippen LogP contribution is -2.37. The topological polar surface area (TPSA) is 106 Å². The number of anilines is 2. The zero-order chi connectivity index (χ0) is 23.0. The van der Waals surface area contributed by atoms with E-state index in [0.29, 0.717) is 54.4 Å². The van der Waals surface area contributed by atoms with Gasteiger partial charge in [0.15, 0.2) is 9.84 Å². The van der Waals surface area contributed by atoms with E-state index in [0.717, 1.165) is 5.56 Å². The van der Waals surface area contributed by atoms with Gasteiger partial charge >= 0.3 is 0 Å². The number of benzene rings is 1. The smallest absolute Gasteiger partial charge is 0.264 e. The molecule has 9 nitrogen and oxygen atoms in total. The van der Waals surface area contributed by atoms with E-state index in [1.165, 1.54) is 17.2 Å². The van der Waals surface area contributed by atoms with Crippen LogP contribution in [0, 0.1) is 0 Å². The van der Waals surface area contributed by atoms with Crippen LogP contribution in [0.3, 0.4) is 0 Å². The number of fused-ring (bicyclic) bond motifs is 1. The fourth-order valence-electron chi connectivity index (χ4n) is 3.79. The first-order valence-electron chi connectivity index (χ1n) is 10.5. The lowest BCUT2D eigenvalue weighted by Gasteiger charge is -2.30. The molecule has 0 bridgehead atoms. The molecule has 1 aromatic carbocycles. The van der Waals surface area contributed by atoms with E-state index in [2.05, 4.69) is 10.3 Å². The van der Waals surface area contributed by atoms with Crippen molar-refractivity contribution in [2.45, 2.75) is 24.8 Å². The Hall–Kier alpha value is -2.98. The minimum atomic E-state index is -3.42. The molecule has 2 aromatic heterocycles. The van der Waals surface area contributed by atoms with Crippen LogP contribution in [0.4, 0.5) is 11.5 Å². The molecule has 0 atom stereocenters. The van der Waals surface area contributed by atoms with Gasteiger partial charge in [0.2, 0.25) is 0 Å². The molecule has 0 saturated carbocycles. The fraction of sp³-hybridized carbons (Fsp3) is 0.409. The first-order chi connectivity index (χ1) is 15.1. The Balaban J connectivity index is 1.92. The van der Waals surface area contributed by atoms with Crippen molar-refractivity contribution < 1.29 is 13.2 Å². The van der Waals surface area contributed by atoms with Crippen LogP contribution in [0.25, 0.3) is 22.2 Å². The van der Waals surface area contributed by atoms with Crippen LogP contribution < -0.4 is 15.8 Å². The molecule has 0 radical (unpaired) electrons. The molecule has 3 aromatic rings. The Morgan fingerprint density at radius 1 is 1.16 bits per heavy atom. The van der Waals surface area contributed by atoms with Crippen molar-refractivity contribution in [1.82, 2.24) is 14.5 Å². The van der Waals surface area contributed by atoms with Crippen LogP contribution in [0.5, 0.6) is 0 Å². The van der Waals surface area contributed by atoms with Gasteiger partial charge in [-0.25, -0.2) is 18.4 Å². The normalized spacial score (nSPS) is 14.8. The molecule has 1 N–H and O–H groups in total. The Kier molecular flexibility index (Phi) is 5.91. The van der Waals surface area contributed by atoms with E-state index in [9.17, 15) is 13.2 Å². The number of hydrogen-bond donors (Lipinski definition) is 1. The maximum Gasteiger partial charge on any atom is 0.264 e. The number of morpholine rings is 1. The molecule has 1 fully saturated rings. The lowest BCUT2D eigenvalue weighted by molar-refractivity contribution is 0.122. The number of nitrogens with zero attached hydrogens (tertiary/aromatic N) is 4. The molecule has 3 heterocycles. The third-order valence-electron chi connectivity index (χ3n) is 5.33. The van der Waals surface area contributed by atoms with Crippen molar-refractivity contribution in [2.24, 2.45) is 7.05 Å². The third kappa shape index (κ3) is 4.33. The molecule has 1 saturated heterocycles. The van der Waals surface area contributed by atoms with Crippen molar-refractivity contribution in [1.29, 1.82) is 0 Å². The number of rotatable bonds is 5. The van der Waals surface area contributed by atoms with Crippen LogP contribution in [0.1, 0.15) is 13.8 Å². The molecule has 170 valence electrons. The summed E-state index contributed by atoms with van der Waals surface area (Å²) in [5.41, 5.74) is 2.33. The van der Waals surface area contributed by atoms with Gasteiger partial charge in [-0.3, -0.25) is 4.79 Å². The highest BCUT2D eigenvalue weighted by atomic mass is 32.2. The monoisotopic (exact) mass is 457 g/mol. The number of aryl methyl sites for hydroxylation is 1. The number of aromatic nitrogens is 3. The third-order valence-corrected chi connectivity index (χ3v) is 6.48. The van der Waals surface area contributed by atoms with E-state index in [4.69, 9.17) is 9.72 Å². The van der Waals surface area contributed by atoms with Crippen LogP contribution in [0.2, 0.25) is 0 Å². The van der Waals surface area contributed by atoms with Crippen LogP contribution in [-0.4, -0.2) is 61.6 Å². The molecule has 0 unspecified atom stereocenters. The second-order valence-electron chi connectivity index (χ2n) is 8.26. The molecule has 4 rings (SSSR count).